The summed E-state index contributed by atoms with van der Waals surface area (Å²) in [5.41, 5.74) is 2.20. The summed E-state index contributed by atoms with van der Waals surface area (Å²) in [6, 6.07) is 14.9. The van der Waals surface area contributed by atoms with Gasteiger partial charge in [0.25, 0.3) is 0 Å². The lowest BCUT2D eigenvalue weighted by molar-refractivity contribution is 0.0172. The Bertz CT molecular complexity index is 892. The highest BCUT2D eigenvalue weighted by Crippen LogP contribution is 2.25. The van der Waals surface area contributed by atoms with E-state index in [4.69, 9.17) is 9.47 Å². The van der Waals surface area contributed by atoms with Crippen LogP contribution in [0.1, 0.15) is 43.4 Å². The van der Waals surface area contributed by atoms with Crippen LogP contribution in [0.4, 0.5) is 0 Å². The molecule has 3 rings (SSSR count). The van der Waals surface area contributed by atoms with Crippen molar-refractivity contribution in [3.63, 3.8) is 0 Å². The van der Waals surface area contributed by atoms with Crippen molar-refractivity contribution in [2.45, 2.75) is 37.1 Å². The van der Waals surface area contributed by atoms with Crippen LogP contribution in [0.25, 0.3) is 0 Å². The number of sulfonamides is 1. The quantitative estimate of drug-likeness (QED) is 0.656. The fraction of sp³-hybridized carbons (Fsp3) is 0.478. The van der Waals surface area contributed by atoms with E-state index in [0.29, 0.717) is 30.6 Å². The van der Waals surface area contributed by atoms with Gasteiger partial charge in [-0.3, -0.25) is 4.90 Å². The minimum atomic E-state index is -3.60. The van der Waals surface area contributed by atoms with Gasteiger partial charge in [-0.05, 0) is 47.7 Å². The van der Waals surface area contributed by atoms with Gasteiger partial charge >= 0.3 is 0 Å². The second kappa shape index (κ2) is 10.4. The third kappa shape index (κ3) is 5.60. The average Bonchev–Trinajstić information content (AvgIpc) is 2.80. The average molecular weight is 433 g/mol. The molecule has 7 heteroatoms. The molecule has 0 radical (unpaired) electrons. The van der Waals surface area contributed by atoms with Crippen molar-refractivity contribution in [2.75, 3.05) is 40.0 Å². The van der Waals surface area contributed by atoms with Crippen LogP contribution >= 0.6 is 0 Å². The lowest BCUT2D eigenvalue weighted by Crippen LogP contribution is -2.43. The topological polar surface area (TPSA) is 67.9 Å². The summed E-state index contributed by atoms with van der Waals surface area (Å²) in [7, 11) is -1.96. The fourth-order valence-corrected chi connectivity index (χ4v) is 4.69. The highest BCUT2D eigenvalue weighted by Gasteiger charge is 2.25. The summed E-state index contributed by atoms with van der Waals surface area (Å²) in [6.07, 6.45) is 1.02. The maximum Gasteiger partial charge on any atom is 0.240 e. The van der Waals surface area contributed by atoms with Crippen LogP contribution in [0.5, 0.6) is 5.75 Å². The van der Waals surface area contributed by atoms with Gasteiger partial charge in [0, 0.05) is 25.7 Å². The lowest BCUT2D eigenvalue weighted by atomic mass is 9.99. The highest BCUT2D eigenvalue weighted by molar-refractivity contribution is 7.89. The molecular weight excluding hydrogens is 400 g/mol. The fourth-order valence-electron chi connectivity index (χ4n) is 3.66. The Kier molecular flexibility index (Phi) is 7.88. The molecule has 0 saturated carbocycles. The van der Waals surface area contributed by atoms with Crippen LogP contribution in [-0.4, -0.2) is 53.3 Å². The second-order valence-electron chi connectivity index (χ2n) is 7.67. The molecule has 2 aromatic rings. The van der Waals surface area contributed by atoms with E-state index in [9.17, 15) is 8.42 Å². The van der Waals surface area contributed by atoms with Crippen LogP contribution in [0, 0.1) is 0 Å². The zero-order valence-corrected chi connectivity index (χ0v) is 18.8. The summed E-state index contributed by atoms with van der Waals surface area (Å²) >= 11 is 0. The van der Waals surface area contributed by atoms with Crippen LogP contribution in [0.3, 0.4) is 0 Å². The zero-order chi connectivity index (χ0) is 21.6. The van der Waals surface area contributed by atoms with Crippen LogP contribution < -0.4 is 9.46 Å². The van der Waals surface area contributed by atoms with E-state index in [0.717, 1.165) is 36.4 Å². The molecule has 1 fully saturated rings. The first-order valence-electron chi connectivity index (χ1n) is 10.5. The Hall–Kier alpha value is -1.93. The van der Waals surface area contributed by atoms with E-state index in [1.807, 2.05) is 36.4 Å². The molecule has 2 aromatic carbocycles. The van der Waals surface area contributed by atoms with Gasteiger partial charge in [0.05, 0.1) is 25.2 Å². The van der Waals surface area contributed by atoms with E-state index in [-0.39, 0.29) is 6.04 Å². The van der Waals surface area contributed by atoms with E-state index in [1.54, 1.807) is 19.2 Å². The molecule has 0 aromatic heterocycles. The smallest absolute Gasteiger partial charge is 0.240 e. The molecule has 2 unspecified atom stereocenters. The molecule has 6 nitrogen and oxygen atoms in total. The van der Waals surface area contributed by atoms with Crippen molar-refractivity contribution in [3.8, 4) is 5.75 Å². The van der Waals surface area contributed by atoms with Crippen molar-refractivity contribution >= 4 is 10.0 Å². The van der Waals surface area contributed by atoms with Gasteiger partial charge in [-0.25, -0.2) is 13.1 Å². The molecule has 1 heterocycles. The number of ether oxygens (including phenoxy) is 2. The number of hydrogen-bond acceptors (Lipinski definition) is 5. The maximum absolute atomic E-state index is 12.9. The molecule has 0 bridgehead atoms. The number of rotatable bonds is 9. The third-order valence-electron chi connectivity index (χ3n) is 5.83. The summed E-state index contributed by atoms with van der Waals surface area (Å²) in [6.45, 7) is 7.39. The molecule has 1 saturated heterocycles. The summed E-state index contributed by atoms with van der Waals surface area (Å²) in [5, 5.41) is 0. The Morgan fingerprint density at radius 2 is 1.63 bits per heavy atom. The van der Waals surface area contributed by atoms with Crippen molar-refractivity contribution in [1.82, 2.24) is 9.62 Å². The van der Waals surface area contributed by atoms with Gasteiger partial charge in [-0.15, -0.1) is 0 Å². The number of nitrogens with one attached hydrogen (secondary N) is 1. The molecule has 0 amide bonds. The number of morpholine rings is 1. The van der Waals surface area contributed by atoms with E-state index in [1.165, 1.54) is 0 Å². The summed E-state index contributed by atoms with van der Waals surface area (Å²) < 4.78 is 39.4. The van der Waals surface area contributed by atoms with E-state index >= 15 is 0 Å². The highest BCUT2D eigenvalue weighted by atomic mass is 32.2. The Morgan fingerprint density at radius 1 is 1.03 bits per heavy atom. The first kappa shape index (κ1) is 22.7. The van der Waals surface area contributed by atoms with Crippen molar-refractivity contribution < 1.29 is 17.9 Å². The van der Waals surface area contributed by atoms with Gasteiger partial charge in [0.15, 0.2) is 0 Å². The predicted octanol–water partition coefficient (Wildman–Crippen LogP) is 3.56. The molecule has 164 valence electrons. The normalized spacial score (nSPS) is 17.4. The largest absolute Gasteiger partial charge is 0.497 e. The summed E-state index contributed by atoms with van der Waals surface area (Å²) in [5.74, 6) is 1.19. The van der Waals surface area contributed by atoms with Gasteiger partial charge < -0.3 is 9.47 Å². The zero-order valence-electron chi connectivity index (χ0n) is 18.0. The van der Waals surface area contributed by atoms with Crippen molar-refractivity contribution in [3.05, 3.63) is 59.7 Å². The van der Waals surface area contributed by atoms with E-state index < -0.39 is 10.0 Å². The Morgan fingerprint density at radius 3 is 2.20 bits per heavy atom. The first-order valence-corrected chi connectivity index (χ1v) is 12.0. The minimum Gasteiger partial charge on any atom is -0.497 e. The standard InChI is InChI=1S/C23H32N2O4S/c1-4-18(2)19-7-11-22(12-8-19)30(26,27)24-17-23(25-13-15-29-16-14-25)20-5-9-21(28-3)10-6-20/h5-12,18,23-24H,4,13-17H2,1-3H3. The van der Waals surface area contributed by atoms with Crippen LogP contribution in [0.15, 0.2) is 53.4 Å². The summed E-state index contributed by atoms with van der Waals surface area (Å²) in [4.78, 5) is 2.56. The lowest BCUT2D eigenvalue weighted by Gasteiger charge is -2.35. The van der Waals surface area contributed by atoms with Crippen LogP contribution in [-0.2, 0) is 14.8 Å². The monoisotopic (exact) mass is 432 g/mol. The van der Waals surface area contributed by atoms with Gasteiger partial charge in [0.2, 0.25) is 10.0 Å². The van der Waals surface area contributed by atoms with Gasteiger partial charge in [0.1, 0.15) is 5.75 Å². The van der Waals surface area contributed by atoms with Crippen molar-refractivity contribution in [1.29, 1.82) is 0 Å². The molecule has 30 heavy (non-hydrogen) atoms. The number of hydrogen-bond donors (Lipinski definition) is 1. The number of methoxy groups -OCH3 is 1. The Balaban J connectivity index is 1.76. The SMILES string of the molecule is CCC(C)c1ccc(S(=O)(=O)NCC(c2ccc(OC)cc2)N2CCOCC2)cc1. The molecular formula is C23H32N2O4S. The predicted molar refractivity (Wildman–Crippen MR) is 118 cm³/mol. The molecule has 1 aliphatic rings. The molecule has 2 atom stereocenters. The molecule has 0 aliphatic carbocycles. The second-order valence-corrected chi connectivity index (χ2v) is 9.43. The van der Waals surface area contributed by atoms with Crippen LogP contribution in [0.2, 0.25) is 0 Å². The molecule has 0 spiro atoms. The first-order chi connectivity index (χ1) is 14.4. The molecule has 1 aliphatic heterocycles. The number of benzene rings is 2. The van der Waals surface area contributed by atoms with Gasteiger partial charge in [-0.2, -0.15) is 0 Å². The molecule has 1 N–H and O–H groups in total. The van der Waals surface area contributed by atoms with E-state index in [2.05, 4.69) is 23.5 Å². The Labute approximate surface area is 180 Å². The minimum absolute atomic E-state index is 0.0750. The third-order valence-corrected chi connectivity index (χ3v) is 7.27. The van der Waals surface area contributed by atoms with Crippen molar-refractivity contribution in [2.24, 2.45) is 0 Å². The number of nitrogens with zero attached hydrogens (tertiary/aromatic N) is 1. The maximum atomic E-state index is 12.9. The van der Waals surface area contributed by atoms with Gasteiger partial charge in [-0.1, -0.05) is 38.1 Å².